The summed E-state index contributed by atoms with van der Waals surface area (Å²) >= 11 is 0. The average Bonchev–Trinajstić information content (AvgIpc) is 3.22. The molecular formula is C44H38F3N3O6. The van der Waals surface area contributed by atoms with Crippen LogP contribution in [0.2, 0.25) is 0 Å². The molecule has 0 heterocycles. The number of alkyl halides is 3. The number of ether oxygens (including phenoxy) is 2. The van der Waals surface area contributed by atoms with Crippen molar-refractivity contribution in [3.05, 3.63) is 186 Å². The Hall–Kier alpha value is -7.08. The second-order valence-electron chi connectivity index (χ2n) is 12.4. The van der Waals surface area contributed by atoms with Crippen LogP contribution in [0.5, 0.6) is 17.2 Å². The summed E-state index contributed by atoms with van der Waals surface area (Å²) in [4.78, 5) is 39.5. The predicted octanol–water partition coefficient (Wildman–Crippen LogP) is 9.89. The summed E-state index contributed by atoms with van der Waals surface area (Å²) in [6.45, 7) is 0.0789. The molecular weight excluding hydrogens is 723 g/mol. The van der Waals surface area contributed by atoms with Crippen molar-refractivity contribution in [2.24, 2.45) is 0 Å². The van der Waals surface area contributed by atoms with Gasteiger partial charge < -0.3 is 19.9 Å². The van der Waals surface area contributed by atoms with Gasteiger partial charge >= 0.3 is 18.4 Å². The summed E-state index contributed by atoms with van der Waals surface area (Å²) in [5.41, 5.74) is 3.76. The van der Waals surface area contributed by atoms with Crippen molar-refractivity contribution < 1.29 is 42.1 Å². The van der Waals surface area contributed by atoms with E-state index in [1.807, 2.05) is 60.7 Å². The molecule has 6 rings (SSSR count). The molecule has 0 fully saturated rings. The molecule has 6 aromatic rings. The standard InChI is InChI=1S/C23H19F3N2O3.C21H19NO3/c1-28(19-5-3-2-4-6-19)22(30)31-20-13-9-17(10-14-20)21(29)27-15-16-7-11-18(12-8-16)23(24,25)26;1-22(18-5-3-2-4-6-18)21(24)25-20-13-9-17(10-14-20)15-16-7-11-19(23)12-8-16/h2-14H,15H2,1H3,(H,27,29);2-14,23H,15H2,1H3. The highest BCUT2D eigenvalue weighted by atomic mass is 19.4. The van der Waals surface area contributed by atoms with Crippen LogP contribution in [0.3, 0.4) is 0 Å². The normalized spacial score (nSPS) is 10.7. The van der Waals surface area contributed by atoms with E-state index in [0.717, 1.165) is 35.4 Å². The Bertz CT molecular complexity index is 2180. The molecule has 6 aromatic carbocycles. The van der Waals surface area contributed by atoms with Crippen LogP contribution >= 0.6 is 0 Å². The van der Waals surface area contributed by atoms with Crippen molar-refractivity contribution in [1.82, 2.24) is 5.32 Å². The van der Waals surface area contributed by atoms with Gasteiger partial charge in [0.1, 0.15) is 17.2 Å². The van der Waals surface area contributed by atoms with Gasteiger partial charge in [0.15, 0.2) is 0 Å². The number of hydrogen-bond acceptors (Lipinski definition) is 6. The van der Waals surface area contributed by atoms with Crippen molar-refractivity contribution in [1.29, 1.82) is 0 Å². The number of hydrogen-bond donors (Lipinski definition) is 2. The van der Waals surface area contributed by atoms with Crippen molar-refractivity contribution in [3.8, 4) is 17.2 Å². The number of para-hydroxylation sites is 2. The molecule has 0 radical (unpaired) electrons. The lowest BCUT2D eigenvalue weighted by Gasteiger charge is -2.16. The lowest BCUT2D eigenvalue weighted by molar-refractivity contribution is -0.137. The molecule has 286 valence electrons. The quantitative estimate of drug-likeness (QED) is 0.152. The van der Waals surface area contributed by atoms with Crippen LogP contribution in [0, 0.1) is 0 Å². The molecule has 0 saturated heterocycles. The summed E-state index contributed by atoms with van der Waals surface area (Å²) in [6, 6.07) is 43.4. The third kappa shape index (κ3) is 11.7. The Labute approximate surface area is 322 Å². The molecule has 0 atom stereocenters. The monoisotopic (exact) mass is 761 g/mol. The maximum Gasteiger partial charge on any atom is 0.419 e. The Kier molecular flexibility index (Phi) is 13.5. The number of phenols is 1. The zero-order valence-electron chi connectivity index (χ0n) is 30.4. The fourth-order valence-electron chi connectivity index (χ4n) is 5.15. The van der Waals surface area contributed by atoms with Gasteiger partial charge in [0.05, 0.1) is 5.56 Å². The lowest BCUT2D eigenvalue weighted by atomic mass is 10.0. The molecule has 9 nitrogen and oxygen atoms in total. The van der Waals surface area contributed by atoms with Gasteiger partial charge in [-0.2, -0.15) is 13.2 Å². The Morgan fingerprint density at radius 1 is 0.571 bits per heavy atom. The summed E-state index contributed by atoms with van der Waals surface area (Å²) in [5, 5.41) is 12.0. The number of benzene rings is 6. The number of aromatic hydroxyl groups is 1. The highest BCUT2D eigenvalue weighted by Gasteiger charge is 2.30. The van der Waals surface area contributed by atoms with Gasteiger partial charge in [0.25, 0.3) is 5.91 Å². The number of carbonyl (C=O) groups is 3. The van der Waals surface area contributed by atoms with Crippen LogP contribution in [0.4, 0.5) is 34.1 Å². The van der Waals surface area contributed by atoms with Crippen LogP contribution in [0.1, 0.15) is 32.6 Å². The van der Waals surface area contributed by atoms with Gasteiger partial charge in [-0.05, 0) is 108 Å². The molecule has 0 aliphatic heterocycles. The van der Waals surface area contributed by atoms with Gasteiger partial charge in [0, 0.05) is 37.6 Å². The van der Waals surface area contributed by atoms with Crippen molar-refractivity contribution in [3.63, 3.8) is 0 Å². The number of nitrogens with one attached hydrogen (secondary N) is 1. The minimum absolute atomic E-state index is 0.0789. The van der Waals surface area contributed by atoms with E-state index in [2.05, 4.69) is 5.32 Å². The zero-order valence-corrected chi connectivity index (χ0v) is 30.4. The van der Waals surface area contributed by atoms with E-state index in [4.69, 9.17) is 9.47 Å². The molecule has 0 aliphatic carbocycles. The number of nitrogens with zero attached hydrogens (tertiary/aromatic N) is 2. The minimum atomic E-state index is -4.40. The maximum absolute atomic E-state index is 12.6. The summed E-state index contributed by atoms with van der Waals surface area (Å²) < 4.78 is 48.5. The Morgan fingerprint density at radius 2 is 0.982 bits per heavy atom. The van der Waals surface area contributed by atoms with Gasteiger partial charge in [-0.1, -0.05) is 72.8 Å². The number of rotatable bonds is 9. The number of carbonyl (C=O) groups excluding carboxylic acids is 3. The number of anilines is 2. The van der Waals surface area contributed by atoms with Crippen LogP contribution in [0.25, 0.3) is 0 Å². The van der Waals surface area contributed by atoms with Gasteiger partial charge in [-0.3, -0.25) is 14.6 Å². The van der Waals surface area contributed by atoms with Crippen LogP contribution in [-0.2, 0) is 19.1 Å². The first-order valence-electron chi connectivity index (χ1n) is 17.3. The lowest BCUT2D eigenvalue weighted by Crippen LogP contribution is -2.29. The van der Waals surface area contributed by atoms with Crippen molar-refractivity contribution >= 4 is 29.5 Å². The first-order chi connectivity index (χ1) is 26.9. The smallest absolute Gasteiger partial charge is 0.419 e. The SMILES string of the molecule is CN(C(=O)Oc1ccc(C(=O)NCc2ccc(C(F)(F)F)cc2)cc1)c1ccccc1.CN(C(=O)Oc1ccc(Cc2ccc(O)cc2)cc1)c1ccccc1. The zero-order chi connectivity index (χ0) is 40.1. The van der Waals surface area contributed by atoms with E-state index < -0.39 is 29.8 Å². The second kappa shape index (κ2) is 18.8. The van der Waals surface area contributed by atoms with Crippen LogP contribution in [0.15, 0.2) is 158 Å². The number of halogens is 3. The fourth-order valence-corrected chi connectivity index (χ4v) is 5.15. The minimum Gasteiger partial charge on any atom is -0.508 e. The second-order valence-corrected chi connectivity index (χ2v) is 12.4. The third-order valence-corrected chi connectivity index (χ3v) is 8.36. The topological polar surface area (TPSA) is 108 Å². The van der Waals surface area contributed by atoms with E-state index in [9.17, 15) is 32.7 Å². The van der Waals surface area contributed by atoms with Crippen LogP contribution < -0.4 is 24.6 Å². The molecule has 3 amide bonds. The van der Waals surface area contributed by atoms with Crippen molar-refractivity contribution in [2.75, 3.05) is 23.9 Å². The van der Waals surface area contributed by atoms with E-state index in [1.165, 1.54) is 46.2 Å². The van der Waals surface area contributed by atoms with Crippen LogP contribution in [-0.4, -0.2) is 37.3 Å². The molecule has 0 aromatic heterocycles. The Balaban J connectivity index is 0.000000219. The molecule has 12 heteroatoms. The van der Waals surface area contributed by atoms with Gasteiger partial charge in [-0.25, -0.2) is 9.59 Å². The molecule has 0 saturated carbocycles. The molecule has 2 N–H and O–H groups in total. The number of amides is 3. The summed E-state index contributed by atoms with van der Waals surface area (Å²) in [6.07, 6.45) is -4.66. The van der Waals surface area contributed by atoms with Gasteiger partial charge in [-0.15, -0.1) is 0 Å². The maximum atomic E-state index is 12.6. The first kappa shape index (κ1) is 40.1. The van der Waals surface area contributed by atoms with Crippen molar-refractivity contribution in [2.45, 2.75) is 19.1 Å². The average molecular weight is 762 g/mol. The van der Waals surface area contributed by atoms with E-state index in [-0.39, 0.29) is 18.0 Å². The van der Waals surface area contributed by atoms with E-state index in [1.54, 1.807) is 62.6 Å². The Morgan fingerprint density at radius 3 is 1.43 bits per heavy atom. The molecule has 0 unspecified atom stereocenters. The first-order valence-corrected chi connectivity index (χ1v) is 17.3. The number of phenolic OH excluding ortho intramolecular Hbond substituents is 1. The highest BCUT2D eigenvalue weighted by Crippen LogP contribution is 2.29. The molecule has 0 aliphatic rings. The summed E-state index contributed by atoms with van der Waals surface area (Å²) in [7, 11) is 3.26. The third-order valence-electron chi connectivity index (χ3n) is 8.36. The fraction of sp³-hybridized carbons (Fsp3) is 0.114. The van der Waals surface area contributed by atoms with E-state index in [0.29, 0.717) is 22.6 Å². The molecule has 0 bridgehead atoms. The predicted molar refractivity (Wildman–Crippen MR) is 208 cm³/mol. The highest BCUT2D eigenvalue weighted by molar-refractivity contribution is 5.94. The van der Waals surface area contributed by atoms with E-state index >= 15 is 0 Å². The van der Waals surface area contributed by atoms with Gasteiger partial charge in [0.2, 0.25) is 0 Å². The largest absolute Gasteiger partial charge is 0.508 e. The molecule has 56 heavy (non-hydrogen) atoms. The summed E-state index contributed by atoms with van der Waals surface area (Å²) in [5.74, 6) is 0.627. The molecule has 0 spiro atoms.